The number of hydrogen-bond donors (Lipinski definition) is 0. The van der Waals surface area contributed by atoms with E-state index in [1.165, 1.54) is 11.1 Å². The molecule has 0 N–H and O–H groups in total. The summed E-state index contributed by atoms with van der Waals surface area (Å²) in [4.78, 5) is 0. The summed E-state index contributed by atoms with van der Waals surface area (Å²) < 4.78 is 0. The van der Waals surface area contributed by atoms with Crippen molar-refractivity contribution in [2.24, 2.45) is 0 Å². The molecule has 22 heavy (non-hydrogen) atoms. The van der Waals surface area contributed by atoms with Gasteiger partial charge in [0.25, 0.3) is 0 Å². The Bertz CT molecular complexity index is 715. The Balaban J connectivity index is 1.81. The average molecular weight is 319 g/mol. The third-order valence-electron chi connectivity index (χ3n) is 4.30. The lowest BCUT2D eigenvalue weighted by Crippen LogP contribution is -2.35. The third kappa shape index (κ3) is 3.64. The van der Waals surface area contributed by atoms with Gasteiger partial charge in [-0.25, -0.2) is 0 Å². The van der Waals surface area contributed by atoms with E-state index in [9.17, 15) is 0 Å². The SMILES string of the molecule is Cc1ccccc1[SiH2]c1cccc([SiH2]c2ccccc2C)c1. The maximum absolute atomic E-state index is 2.47. The summed E-state index contributed by atoms with van der Waals surface area (Å²) in [7, 11) is -0.722. The first-order valence-electron chi connectivity index (χ1n) is 7.89. The third-order valence-corrected chi connectivity index (χ3v) is 8.35. The lowest BCUT2D eigenvalue weighted by atomic mass is 10.2. The van der Waals surface area contributed by atoms with Crippen molar-refractivity contribution in [2.75, 3.05) is 0 Å². The van der Waals surface area contributed by atoms with Crippen LogP contribution in [0.3, 0.4) is 0 Å². The van der Waals surface area contributed by atoms with Crippen molar-refractivity contribution in [1.29, 1.82) is 0 Å². The quantitative estimate of drug-likeness (QED) is 0.616. The van der Waals surface area contributed by atoms with E-state index in [0.717, 1.165) is 0 Å². The molecule has 0 saturated carbocycles. The molecule has 0 fully saturated rings. The highest BCUT2D eigenvalue weighted by molar-refractivity contribution is 6.71. The van der Waals surface area contributed by atoms with E-state index in [1.807, 2.05) is 0 Å². The molecule has 0 aliphatic heterocycles. The minimum absolute atomic E-state index is 0.361. The second-order valence-corrected chi connectivity index (χ2v) is 9.89. The Hall–Kier alpha value is -1.91. The van der Waals surface area contributed by atoms with Gasteiger partial charge in [-0.05, 0) is 13.8 Å². The van der Waals surface area contributed by atoms with E-state index in [-0.39, 0.29) is 19.0 Å². The van der Waals surface area contributed by atoms with Crippen LogP contribution in [0.1, 0.15) is 11.1 Å². The molecule has 0 saturated heterocycles. The molecule has 0 nitrogen and oxygen atoms in total. The van der Waals surface area contributed by atoms with Gasteiger partial charge in [-0.3, -0.25) is 0 Å². The predicted molar refractivity (Wildman–Crippen MR) is 104 cm³/mol. The number of rotatable bonds is 4. The van der Waals surface area contributed by atoms with Gasteiger partial charge in [-0.1, -0.05) is 105 Å². The van der Waals surface area contributed by atoms with E-state index >= 15 is 0 Å². The molecule has 0 aromatic heterocycles. The molecule has 0 unspecified atom stereocenters. The van der Waals surface area contributed by atoms with E-state index in [2.05, 4.69) is 86.6 Å². The molecule has 3 aromatic rings. The van der Waals surface area contributed by atoms with Gasteiger partial charge in [0.1, 0.15) is 0 Å². The van der Waals surface area contributed by atoms with Crippen LogP contribution in [-0.2, 0) is 0 Å². The van der Waals surface area contributed by atoms with Gasteiger partial charge < -0.3 is 0 Å². The van der Waals surface area contributed by atoms with Crippen LogP contribution in [0.5, 0.6) is 0 Å². The minimum Gasteiger partial charge on any atom is -0.0643 e. The predicted octanol–water partition coefficient (Wildman–Crippen LogP) is 0.543. The van der Waals surface area contributed by atoms with E-state index in [1.54, 1.807) is 20.7 Å². The Morgan fingerprint density at radius 1 is 0.545 bits per heavy atom. The van der Waals surface area contributed by atoms with Crippen molar-refractivity contribution < 1.29 is 0 Å². The molecule has 0 heterocycles. The first kappa shape index (κ1) is 15.0. The topological polar surface area (TPSA) is 0 Å². The highest BCUT2D eigenvalue weighted by atomic mass is 28.2. The molecule has 3 rings (SSSR count). The maximum Gasteiger partial charge on any atom is 0.0878 e. The molecule has 0 bridgehead atoms. The van der Waals surface area contributed by atoms with Crippen LogP contribution < -0.4 is 20.7 Å². The molecular formula is C20H22Si2. The molecule has 110 valence electrons. The highest BCUT2D eigenvalue weighted by Crippen LogP contribution is 1.94. The fraction of sp³-hybridized carbons (Fsp3) is 0.100. The number of hydrogen-bond acceptors (Lipinski definition) is 0. The molecule has 0 amide bonds. The Labute approximate surface area is 137 Å². The number of aryl methyl sites for hydroxylation is 2. The monoisotopic (exact) mass is 318 g/mol. The molecule has 3 aromatic carbocycles. The lowest BCUT2D eigenvalue weighted by molar-refractivity contribution is 1.51. The molecule has 2 heteroatoms. The molecular weight excluding hydrogens is 296 g/mol. The summed E-state index contributed by atoms with van der Waals surface area (Å²) in [5, 5.41) is 6.26. The fourth-order valence-corrected chi connectivity index (χ4v) is 6.61. The van der Waals surface area contributed by atoms with E-state index in [0.29, 0.717) is 0 Å². The first-order chi connectivity index (χ1) is 10.7. The highest BCUT2D eigenvalue weighted by Gasteiger charge is 2.04. The van der Waals surface area contributed by atoms with Crippen LogP contribution >= 0.6 is 0 Å². The number of benzene rings is 3. The summed E-state index contributed by atoms with van der Waals surface area (Å²) >= 11 is 0. The summed E-state index contributed by atoms with van der Waals surface area (Å²) in [6, 6.07) is 27.0. The van der Waals surface area contributed by atoms with Crippen molar-refractivity contribution in [3.05, 3.63) is 83.9 Å². The van der Waals surface area contributed by atoms with Crippen LogP contribution in [0.2, 0.25) is 0 Å². The van der Waals surface area contributed by atoms with Crippen LogP contribution in [0.15, 0.2) is 72.8 Å². The Morgan fingerprint density at radius 2 is 1.00 bits per heavy atom. The second-order valence-electron chi connectivity index (χ2n) is 6.03. The summed E-state index contributed by atoms with van der Waals surface area (Å²) in [5.41, 5.74) is 2.88. The standard InChI is InChI=1S/C20H22Si2/c1-15-8-3-5-12-19(15)21-17-10-7-11-18(14-17)22-20-13-6-4-9-16(20)2/h3-14H,21-22H2,1-2H3. The smallest absolute Gasteiger partial charge is 0.0643 e. The Kier molecular flexibility index (Phi) is 4.71. The summed E-state index contributed by atoms with van der Waals surface area (Å²) in [6.07, 6.45) is 0. The summed E-state index contributed by atoms with van der Waals surface area (Å²) in [6.45, 7) is 4.46. The van der Waals surface area contributed by atoms with Gasteiger partial charge in [0.2, 0.25) is 0 Å². The summed E-state index contributed by atoms with van der Waals surface area (Å²) in [5.74, 6) is 0. The van der Waals surface area contributed by atoms with Crippen LogP contribution in [0.4, 0.5) is 0 Å². The van der Waals surface area contributed by atoms with Crippen molar-refractivity contribution in [3.63, 3.8) is 0 Å². The minimum atomic E-state index is -0.361. The van der Waals surface area contributed by atoms with Gasteiger partial charge >= 0.3 is 0 Å². The van der Waals surface area contributed by atoms with Gasteiger partial charge in [0, 0.05) is 0 Å². The molecule has 0 aliphatic rings. The van der Waals surface area contributed by atoms with Crippen LogP contribution in [0.25, 0.3) is 0 Å². The average Bonchev–Trinajstić information content (AvgIpc) is 2.52. The molecule has 0 atom stereocenters. The van der Waals surface area contributed by atoms with Crippen molar-refractivity contribution in [1.82, 2.24) is 0 Å². The first-order valence-corrected chi connectivity index (χ1v) is 10.7. The normalized spacial score (nSPS) is 11.7. The van der Waals surface area contributed by atoms with E-state index in [4.69, 9.17) is 0 Å². The van der Waals surface area contributed by atoms with Crippen molar-refractivity contribution in [3.8, 4) is 0 Å². The van der Waals surface area contributed by atoms with Crippen LogP contribution in [-0.4, -0.2) is 19.0 Å². The van der Waals surface area contributed by atoms with Crippen molar-refractivity contribution >= 4 is 39.8 Å². The lowest BCUT2D eigenvalue weighted by Gasteiger charge is -2.09. The van der Waals surface area contributed by atoms with Gasteiger partial charge in [0.05, 0.1) is 19.0 Å². The Morgan fingerprint density at radius 3 is 1.45 bits per heavy atom. The fourth-order valence-electron chi connectivity index (χ4n) is 2.91. The second kappa shape index (κ2) is 6.90. The van der Waals surface area contributed by atoms with E-state index < -0.39 is 0 Å². The molecule has 0 radical (unpaired) electrons. The zero-order chi connectivity index (χ0) is 15.4. The van der Waals surface area contributed by atoms with Crippen molar-refractivity contribution in [2.45, 2.75) is 13.8 Å². The van der Waals surface area contributed by atoms with Gasteiger partial charge in [-0.15, -0.1) is 0 Å². The van der Waals surface area contributed by atoms with Crippen LogP contribution in [0, 0.1) is 13.8 Å². The zero-order valence-corrected chi connectivity index (χ0v) is 16.2. The van der Waals surface area contributed by atoms with Gasteiger partial charge in [0.15, 0.2) is 0 Å². The molecule has 0 spiro atoms. The molecule has 0 aliphatic carbocycles. The largest absolute Gasteiger partial charge is 0.0878 e. The maximum atomic E-state index is 2.47. The zero-order valence-electron chi connectivity index (χ0n) is 13.3. The van der Waals surface area contributed by atoms with Gasteiger partial charge in [-0.2, -0.15) is 0 Å².